The van der Waals surface area contributed by atoms with Gasteiger partial charge in [-0.25, -0.2) is 4.79 Å². The highest BCUT2D eigenvalue weighted by molar-refractivity contribution is 6.30. The third-order valence-electron chi connectivity index (χ3n) is 6.42. The second kappa shape index (κ2) is 12.4. The lowest BCUT2D eigenvalue weighted by molar-refractivity contribution is 0.195. The van der Waals surface area contributed by atoms with E-state index < -0.39 is 0 Å². The van der Waals surface area contributed by atoms with Crippen LogP contribution in [0.25, 0.3) is 22.5 Å². The van der Waals surface area contributed by atoms with Gasteiger partial charge in [-0.15, -0.1) is 10.2 Å². The summed E-state index contributed by atoms with van der Waals surface area (Å²) in [7, 11) is 0. The Morgan fingerprint density at radius 2 is 1.70 bits per heavy atom. The molecule has 1 unspecified atom stereocenters. The minimum Gasteiger partial charge on any atom is -0.484 e. The van der Waals surface area contributed by atoms with Gasteiger partial charge in [-0.1, -0.05) is 85.1 Å². The van der Waals surface area contributed by atoms with Crippen LogP contribution in [0.1, 0.15) is 37.0 Å². The molecule has 0 radical (unpaired) electrons. The first-order chi connectivity index (χ1) is 19.5. The molecule has 3 N–H and O–H groups in total. The maximum atomic E-state index is 13.1. The third-order valence-corrected chi connectivity index (χ3v) is 6.68. The van der Waals surface area contributed by atoms with Gasteiger partial charge >= 0.3 is 6.03 Å². The van der Waals surface area contributed by atoms with Crippen molar-refractivity contribution < 1.29 is 9.53 Å². The normalized spacial score (nSPS) is 11.6. The molecule has 4 aromatic carbocycles. The number of carbonyl (C=O) groups excluding carboxylic acids is 1. The number of aromatic amines is 1. The fraction of sp³-hybridized carbons (Fsp3) is 0.161. The summed E-state index contributed by atoms with van der Waals surface area (Å²) in [5.74, 6) is 1.03. The van der Waals surface area contributed by atoms with Gasteiger partial charge in [0, 0.05) is 16.3 Å². The molecule has 9 heteroatoms. The van der Waals surface area contributed by atoms with Crippen LogP contribution in [0.4, 0.5) is 16.2 Å². The van der Waals surface area contributed by atoms with E-state index in [1.54, 1.807) is 0 Å². The van der Waals surface area contributed by atoms with Gasteiger partial charge in [-0.05, 0) is 71.6 Å². The van der Waals surface area contributed by atoms with Gasteiger partial charge in [0.15, 0.2) is 0 Å². The number of nitrogens with zero attached hydrogens (tertiary/aromatic N) is 3. The summed E-state index contributed by atoms with van der Waals surface area (Å²) < 4.78 is 6.55. The highest BCUT2D eigenvalue weighted by Gasteiger charge is 2.19. The van der Waals surface area contributed by atoms with E-state index in [-0.39, 0.29) is 12.1 Å². The number of benzene rings is 4. The topological polar surface area (TPSA) is 105 Å². The van der Waals surface area contributed by atoms with Crippen molar-refractivity contribution in [3.63, 3.8) is 0 Å². The Bertz CT molecular complexity index is 1570. The fourth-order valence-corrected chi connectivity index (χ4v) is 4.54. The first-order valence-corrected chi connectivity index (χ1v) is 13.4. The number of halogens is 1. The SMILES string of the molecule is CCCC(Oc1ccc(-c2ccccc2-c2nn[nH]n2)cc1NC(=O)Nc1ccc(C)cc1)c1ccc(Cl)cc1. The lowest BCUT2D eigenvalue weighted by atomic mass is 9.98. The Labute approximate surface area is 237 Å². The minimum atomic E-state index is -0.379. The summed E-state index contributed by atoms with van der Waals surface area (Å²) >= 11 is 6.13. The number of hydrogen-bond donors (Lipinski definition) is 3. The van der Waals surface area contributed by atoms with Crippen LogP contribution >= 0.6 is 11.6 Å². The van der Waals surface area contributed by atoms with E-state index in [0.717, 1.165) is 40.7 Å². The number of aromatic nitrogens is 4. The number of rotatable bonds is 9. The van der Waals surface area contributed by atoms with Gasteiger partial charge in [0.1, 0.15) is 11.9 Å². The zero-order valence-corrected chi connectivity index (χ0v) is 22.9. The number of hydrogen-bond acceptors (Lipinski definition) is 5. The van der Waals surface area contributed by atoms with E-state index >= 15 is 0 Å². The predicted molar refractivity (Wildman–Crippen MR) is 159 cm³/mol. The summed E-state index contributed by atoms with van der Waals surface area (Å²) in [5.41, 5.74) is 5.89. The van der Waals surface area contributed by atoms with E-state index in [2.05, 4.69) is 38.2 Å². The molecule has 40 heavy (non-hydrogen) atoms. The summed E-state index contributed by atoms with van der Waals surface area (Å²) in [6.07, 6.45) is 1.49. The minimum absolute atomic E-state index is 0.222. The van der Waals surface area contributed by atoms with E-state index in [1.807, 2.05) is 97.9 Å². The molecule has 5 rings (SSSR count). The summed E-state index contributed by atoms with van der Waals surface area (Å²) in [4.78, 5) is 13.1. The number of nitrogens with one attached hydrogen (secondary N) is 3. The number of urea groups is 1. The lowest BCUT2D eigenvalue weighted by Crippen LogP contribution is -2.20. The van der Waals surface area contributed by atoms with Gasteiger partial charge < -0.3 is 15.4 Å². The number of aryl methyl sites for hydroxylation is 1. The van der Waals surface area contributed by atoms with Crippen molar-refractivity contribution in [1.29, 1.82) is 0 Å². The number of carbonyl (C=O) groups is 1. The van der Waals surface area contributed by atoms with Crippen molar-refractivity contribution >= 4 is 29.0 Å². The largest absolute Gasteiger partial charge is 0.484 e. The Morgan fingerprint density at radius 1 is 0.950 bits per heavy atom. The Kier molecular flexibility index (Phi) is 8.37. The number of tetrazole rings is 1. The monoisotopic (exact) mass is 552 g/mol. The van der Waals surface area contributed by atoms with Gasteiger partial charge in [0.25, 0.3) is 0 Å². The first-order valence-electron chi connectivity index (χ1n) is 13.0. The van der Waals surface area contributed by atoms with Gasteiger partial charge in [0.05, 0.1) is 5.69 Å². The van der Waals surface area contributed by atoms with Crippen LogP contribution in [0.5, 0.6) is 5.75 Å². The van der Waals surface area contributed by atoms with Crippen LogP contribution in [-0.2, 0) is 0 Å². The molecule has 0 bridgehead atoms. The van der Waals surface area contributed by atoms with Crippen molar-refractivity contribution in [3.05, 3.63) is 107 Å². The standard InChI is InChI=1S/C31H29ClN6O2/c1-3-6-28(21-11-14-23(32)15-12-21)40-29-18-13-22(25-7-4-5-8-26(25)30-35-37-38-36-30)19-27(29)34-31(39)33-24-16-9-20(2)10-17-24/h4-5,7-19,28H,3,6H2,1-2H3,(H2,33,34,39)(H,35,36,37,38). The summed E-state index contributed by atoms with van der Waals surface area (Å²) in [6.45, 7) is 4.11. The third kappa shape index (κ3) is 6.47. The van der Waals surface area contributed by atoms with Crippen molar-refractivity contribution in [2.24, 2.45) is 0 Å². The van der Waals surface area contributed by atoms with E-state index in [4.69, 9.17) is 16.3 Å². The van der Waals surface area contributed by atoms with Crippen LogP contribution in [0.15, 0.2) is 91.0 Å². The average molecular weight is 553 g/mol. The number of ether oxygens (including phenoxy) is 1. The average Bonchev–Trinajstić information content (AvgIpc) is 3.50. The predicted octanol–water partition coefficient (Wildman–Crippen LogP) is 8.06. The molecule has 1 heterocycles. The van der Waals surface area contributed by atoms with Crippen LogP contribution in [0, 0.1) is 6.92 Å². The van der Waals surface area contributed by atoms with Gasteiger partial charge in [-0.2, -0.15) is 5.21 Å². The van der Waals surface area contributed by atoms with E-state index in [9.17, 15) is 4.79 Å². The smallest absolute Gasteiger partial charge is 0.323 e. The molecule has 1 atom stereocenters. The Hall–Kier alpha value is -4.69. The Balaban J connectivity index is 1.51. The van der Waals surface area contributed by atoms with Crippen LogP contribution < -0.4 is 15.4 Å². The van der Waals surface area contributed by atoms with Crippen molar-refractivity contribution in [2.75, 3.05) is 10.6 Å². The van der Waals surface area contributed by atoms with Gasteiger partial charge in [-0.3, -0.25) is 0 Å². The molecule has 0 aliphatic heterocycles. The first kappa shape index (κ1) is 26.9. The second-order valence-electron chi connectivity index (χ2n) is 9.38. The summed E-state index contributed by atoms with van der Waals surface area (Å²) in [5, 5.41) is 21.1. The molecule has 0 saturated heterocycles. The van der Waals surface area contributed by atoms with Crippen molar-refractivity contribution in [2.45, 2.75) is 32.8 Å². The van der Waals surface area contributed by atoms with E-state index in [1.165, 1.54) is 0 Å². The van der Waals surface area contributed by atoms with Crippen LogP contribution in [0.3, 0.4) is 0 Å². The maximum Gasteiger partial charge on any atom is 0.323 e. The molecule has 2 amide bonds. The molecule has 0 spiro atoms. The fourth-order valence-electron chi connectivity index (χ4n) is 4.41. The quantitative estimate of drug-likeness (QED) is 0.171. The molecule has 0 aliphatic rings. The Morgan fingerprint density at radius 3 is 2.40 bits per heavy atom. The number of amides is 2. The molecular formula is C31H29ClN6O2. The molecule has 0 aliphatic carbocycles. The number of H-pyrrole nitrogens is 1. The molecule has 8 nitrogen and oxygen atoms in total. The zero-order valence-electron chi connectivity index (χ0n) is 22.2. The van der Waals surface area contributed by atoms with Crippen LogP contribution in [-0.4, -0.2) is 26.7 Å². The molecule has 1 aromatic heterocycles. The molecule has 5 aromatic rings. The van der Waals surface area contributed by atoms with Crippen molar-refractivity contribution in [3.8, 4) is 28.3 Å². The zero-order chi connectivity index (χ0) is 27.9. The molecule has 202 valence electrons. The molecule has 0 saturated carbocycles. The second-order valence-corrected chi connectivity index (χ2v) is 9.82. The van der Waals surface area contributed by atoms with Crippen LogP contribution in [0.2, 0.25) is 5.02 Å². The number of anilines is 2. The lowest BCUT2D eigenvalue weighted by Gasteiger charge is -2.22. The molecule has 0 fully saturated rings. The van der Waals surface area contributed by atoms with E-state index in [0.29, 0.717) is 28.0 Å². The van der Waals surface area contributed by atoms with Gasteiger partial charge in [0.2, 0.25) is 5.82 Å². The van der Waals surface area contributed by atoms with Crippen molar-refractivity contribution in [1.82, 2.24) is 20.6 Å². The summed E-state index contributed by atoms with van der Waals surface area (Å²) in [6, 6.07) is 28.4. The maximum absolute atomic E-state index is 13.1. The molecular weight excluding hydrogens is 524 g/mol. The highest BCUT2D eigenvalue weighted by atomic mass is 35.5. The highest BCUT2D eigenvalue weighted by Crippen LogP contribution is 2.38.